The first-order valence-corrected chi connectivity index (χ1v) is 9.68. The third-order valence-corrected chi connectivity index (χ3v) is 7.30. The Labute approximate surface area is 134 Å². The monoisotopic (exact) mass is 339 g/mol. The molecule has 0 bridgehead atoms. The Morgan fingerprint density at radius 3 is 2.59 bits per heavy atom. The van der Waals surface area contributed by atoms with Crippen LogP contribution in [0.5, 0.6) is 0 Å². The van der Waals surface area contributed by atoms with Gasteiger partial charge in [0.25, 0.3) is 10.0 Å². The van der Waals surface area contributed by atoms with Crippen molar-refractivity contribution in [2.24, 2.45) is 0 Å². The highest BCUT2D eigenvalue weighted by Gasteiger charge is 2.30. The summed E-state index contributed by atoms with van der Waals surface area (Å²) >= 11 is 1.25. The zero-order valence-corrected chi connectivity index (χ0v) is 13.7. The van der Waals surface area contributed by atoms with E-state index in [9.17, 15) is 12.8 Å². The second-order valence-corrected chi connectivity index (χ2v) is 8.65. The van der Waals surface area contributed by atoms with Gasteiger partial charge in [0.15, 0.2) is 0 Å². The lowest BCUT2D eigenvalue weighted by Gasteiger charge is -2.23. The molecule has 1 aromatic carbocycles. The lowest BCUT2D eigenvalue weighted by Crippen LogP contribution is -2.33. The summed E-state index contributed by atoms with van der Waals surface area (Å²) in [4.78, 5) is 0. The maximum absolute atomic E-state index is 13.1. The molecule has 1 fully saturated rings. The number of benzene rings is 1. The van der Waals surface area contributed by atoms with Crippen LogP contribution in [0.15, 0.2) is 46.0 Å². The third-order valence-electron chi connectivity index (χ3n) is 4.06. The molecular formula is C16H18FNO2S2. The van der Waals surface area contributed by atoms with Gasteiger partial charge in [0.2, 0.25) is 0 Å². The number of nitrogens with zero attached hydrogens (tertiary/aromatic N) is 1. The standard InChI is InChI=1S/C16H18FNO2S2/c17-15-8-6-13(7-9-15)14-4-1-2-10-18(12-14)22(19,20)16-5-3-11-21-16/h3,5-9,11,14H,1-2,4,10,12H2/t14-/m1/s1. The molecule has 3 nitrogen and oxygen atoms in total. The molecule has 1 aliphatic heterocycles. The molecular weight excluding hydrogens is 321 g/mol. The van der Waals surface area contributed by atoms with E-state index >= 15 is 0 Å². The Balaban J connectivity index is 1.85. The highest BCUT2D eigenvalue weighted by atomic mass is 32.2. The topological polar surface area (TPSA) is 37.4 Å². The number of hydrogen-bond acceptors (Lipinski definition) is 3. The minimum absolute atomic E-state index is 0.123. The number of halogens is 1. The van der Waals surface area contributed by atoms with Crippen LogP contribution in [-0.4, -0.2) is 25.8 Å². The molecule has 2 aromatic rings. The van der Waals surface area contributed by atoms with Gasteiger partial charge in [0, 0.05) is 13.1 Å². The average molecular weight is 339 g/mol. The van der Waals surface area contributed by atoms with Gasteiger partial charge in [-0.3, -0.25) is 0 Å². The Hall–Kier alpha value is -1.24. The third kappa shape index (κ3) is 3.24. The smallest absolute Gasteiger partial charge is 0.207 e. The molecule has 0 spiro atoms. The maximum atomic E-state index is 13.1. The number of sulfonamides is 1. The van der Waals surface area contributed by atoms with Gasteiger partial charge in [-0.2, -0.15) is 4.31 Å². The van der Waals surface area contributed by atoms with E-state index < -0.39 is 10.0 Å². The van der Waals surface area contributed by atoms with Crippen LogP contribution >= 0.6 is 11.3 Å². The molecule has 0 amide bonds. The van der Waals surface area contributed by atoms with E-state index in [4.69, 9.17) is 0 Å². The van der Waals surface area contributed by atoms with E-state index in [1.165, 1.54) is 23.5 Å². The fourth-order valence-corrected chi connectivity index (χ4v) is 5.54. The van der Waals surface area contributed by atoms with Gasteiger partial charge in [0.1, 0.15) is 10.0 Å². The fraction of sp³-hybridized carbons (Fsp3) is 0.375. The normalized spacial score (nSPS) is 20.7. The van der Waals surface area contributed by atoms with Gasteiger partial charge in [-0.05, 0) is 47.9 Å². The minimum atomic E-state index is -3.41. The summed E-state index contributed by atoms with van der Waals surface area (Å²) in [6.07, 6.45) is 2.78. The highest BCUT2D eigenvalue weighted by Crippen LogP contribution is 2.30. The van der Waals surface area contributed by atoms with Gasteiger partial charge < -0.3 is 0 Å². The molecule has 1 aliphatic rings. The number of thiophene rings is 1. The first kappa shape index (κ1) is 15.6. The van der Waals surface area contributed by atoms with Crippen LogP contribution in [0.25, 0.3) is 0 Å². The van der Waals surface area contributed by atoms with Crippen LogP contribution in [-0.2, 0) is 10.0 Å². The van der Waals surface area contributed by atoms with Crippen molar-refractivity contribution in [2.45, 2.75) is 29.4 Å². The van der Waals surface area contributed by atoms with Crippen molar-refractivity contribution < 1.29 is 12.8 Å². The first-order chi connectivity index (χ1) is 10.6. The summed E-state index contributed by atoms with van der Waals surface area (Å²) in [6.45, 7) is 1.02. The predicted molar refractivity (Wildman–Crippen MR) is 86.1 cm³/mol. The van der Waals surface area contributed by atoms with Crippen molar-refractivity contribution in [3.05, 3.63) is 53.2 Å². The van der Waals surface area contributed by atoms with Crippen LogP contribution in [0.2, 0.25) is 0 Å². The lowest BCUT2D eigenvalue weighted by molar-refractivity contribution is 0.407. The molecule has 0 N–H and O–H groups in total. The molecule has 0 unspecified atom stereocenters. The van der Waals surface area contributed by atoms with Gasteiger partial charge in [-0.1, -0.05) is 24.6 Å². The molecule has 1 atom stereocenters. The first-order valence-electron chi connectivity index (χ1n) is 7.36. The van der Waals surface area contributed by atoms with Crippen LogP contribution < -0.4 is 0 Å². The maximum Gasteiger partial charge on any atom is 0.252 e. The molecule has 1 saturated heterocycles. The zero-order valence-electron chi connectivity index (χ0n) is 12.1. The summed E-state index contributed by atoms with van der Waals surface area (Å²) < 4.78 is 40.5. The van der Waals surface area contributed by atoms with Crippen LogP contribution in [0.3, 0.4) is 0 Å². The van der Waals surface area contributed by atoms with E-state index in [2.05, 4.69) is 0 Å². The minimum Gasteiger partial charge on any atom is -0.207 e. The largest absolute Gasteiger partial charge is 0.252 e. The van der Waals surface area contributed by atoms with E-state index in [1.54, 1.807) is 34.0 Å². The second-order valence-electron chi connectivity index (χ2n) is 5.54. The van der Waals surface area contributed by atoms with Crippen molar-refractivity contribution in [3.63, 3.8) is 0 Å². The van der Waals surface area contributed by atoms with E-state index in [0.29, 0.717) is 17.3 Å². The molecule has 0 saturated carbocycles. The molecule has 2 heterocycles. The number of rotatable bonds is 3. The molecule has 6 heteroatoms. The van der Waals surface area contributed by atoms with Crippen molar-refractivity contribution in [1.29, 1.82) is 0 Å². The van der Waals surface area contributed by atoms with Gasteiger partial charge in [-0.25, -0.2) is 12.8 Å². The quantitative estimate of drug-likeness (QED) is 0.852. The Bertz CT molecular complexity index is 711. The zero-order chi connectivity index (χ0) is 15.6. The van der Waals surface area contributed by atoms with Gasteiger partial charge in [-0.15, -0.1) is 11.3 Å². The average Bonchev–Trinajstić information content (AvgIpc) is 2.94. The summed E-state index contributed by atoms with van der Waals surface area (Å²) in [5, 5.41) is 1.78. The number of hydrogen-bond donors (Lipinski definition) is 0. The van der Waals surface area contributed by atoms with Crippen LogP contribution in [0.1, 0.15) is 30.7 Å². The Morgan fingerprint density at radius 1 is 1.14 bits per heavy atom. The van der Waals surface area contributed by atoms with E-state index in [1.807, 2.05) is 0 Å². The Morgan fingerprint density at radius 2 is 1.91 bits per heavy atom. The summed E-state index contributed by atoms with van der Waals surface area (Å²) in [7, 11) is -3.41. The Kier molecular flexibility index (Phi) is 4.61. The molecule has 118 valence electrons. The summed E-state index contributed by atoms with van der Waals surface area (Å²) in [6, 6.07) is 9.82. The second kappa shape index (κ2) is 6.48. The van der Waals surface area contributed by atoms with Gasteiger partial charge in [0.05, 0.1) is 0 Å². The lowest BCUT2D eigenvalue weighted by atomic mass is 9.95. The van der Waals surface area contributed by atoms with Crippen molar-refractivity contribution in [3.8, 4) is 0 Å². The van der Waals surface area contributed by atoms with Gasteiger partial charge >= 0.3 is 0 Å². The molecule has 0 aliphatic carbocycles. The van der Waals surface area contributed by atoms with E-state index in [0.717, 1.165) is 24.8 Å². The van der Waals surface area contributed by atoms with E-state index in [-0.39, 0.29) is 11.7 Å². The highest BCUT2D eigenvalue weighted by molar-refractivity contribution is 7.91. The molecule has 1 aromatic heterocycles. The van der Waals surface area contributed by atoms with Crippen molar-refractivity contribution in [2.75, 3.05) is 13.1 Å². The molecule has 3 rings (SSSR count). The van der Waals surface area contributed by atoms with Crippen molar-refractivity contribution >= 4 is 21.4 Å². The SMILES string of the molecule is O=S(=O)(c1cccs1)N1CCCC[C@@H](c2ccc(F)cc2)C1. The summed E-state index contributed by atoms with van der Waals surface area (Å²) in [5.41, 5.74) is 1.01. The van der Waals surface area contributed by atoms with Crippen LogP contribution in [0, 0.1) is 5.82 Å². The fourth-order valence-electron chi connectivity index (χ4n) is 2.87. The molecule has 22 heavy (non-hydrogen) atoms. The van der Waals surface area contributed by atoms with Crippen LogP contribution in [0.4, 0.5) is 4.39 Å². The van der Waals surface area contributed by atoms with Crippen molar-refractivity contribution in [1.82, 2.24) is 4.31 Å². The molecule has 0 radical (unpaired) electrons. The summed E-state index contributed by atoms with van der Waals surface area (Å²) in [5.74, 6) is -0.140. The predicted octanol–water partition coefficient (Wildman–Crippen LogP) is 3.85.